The highest BCUT2D eigenvalue weighted by Crippen LogP contribution is 2.16. The van der Waals surface area contributed by atoms with E-state index in [1.165, 1.54) is 167 Å². The number of hydrogen-bond acceptors (Lipinski definition) is 0. The summed E-state index contributed by atoms with van der Waals surface area (Å²) in [6, 6.07) is 0. The van der Waals surface area contributed by atoms with Crippen LogP contribution in [0.2, 0.25) is 0 Å². The van der Waals surface area contributed by atoms with Crippen molar-refractivity contribution >= 4 is 9.24 Å². The normalized spacial score (nSPS) is 11.7. The SMILES string of the molecule is CCCCCCCCCCCCCCCCCCCCCCCCCCCC=C[P]. The van der Waals surface area contributed by atoms with E-state index in [-0.39, 0.29) is 0 Å². The van der Waals surface area contributed by atoms with Crippen molar-refractivity contribution in [3.63, 3.8) is 0 Å². The topological polar surface area (TPSA) is 0 Å². The Morgan fingerprint density at radius 1 is 0.367 bits per heavy atom. The summed E-state index contributed by atoms with van der Waals surface area (Å²) < 4.78 is 0. The summed E-state index contributed by atoms with van der Waals surface area (Å²) in [5.41, 5.74) is 0. The van der Waals surface area contributed by atoms with Crippen LogP contribution in [-0.4, -0.2) is 0 Å². The first kappa shape index (κ1) is 30.2. The quantitative estimate of drug-likeness (QED) is 0.0933. The van der Waals surface area contributed by atoms with Gasteiger partial charge < -0.3 is 0 Å². The van der Waals surface area contributed by atoms with Gasteiger partial charge in [0.2, 0.25) is 0 Å². The Bertz CT molecular complexity index is 309. The lowest BCUT2D eigenvalue weighted by Crippen LogP contribution is -1.84. The maximum absolute atomic E-state index is 4.10. The molecule has 0 aromatic carbocycles. The minimum Gasteiger partial charge on any atom is -0.0834 e. The molecule has 0 aliphatic heterocycles. The van der Waals surface area contributed by atoms with Crippen molar-refractivity contribution in [1.82, 2.24) is 0 Å². The molecule has 0 bridgehead atoms. The monoisotopic (exact) mass is 436 g/mol. The minimum atomic E-state index is 1.21. The summed E-state index contributed by atoms with van der Waals surface area (Å²) >= 11 is 0. The molecule has 178 valence electrons. The van der Waals surface area contributed by atoms with E-state index < -0.39 is 0 Å². The Morgan fingerprint density at radius 2 is 0.600 bits per heavy atom. The molecule has 1 heteroatoms. The Labute approximate surface area is 195 Å². The van der Waals surface area contributed by atoms with Crippen molar-refractivity contribution in [3.05, 3.63) is 11.9 Å². The van der Waals surface area contributed by atoms with Gasteiger partial charge in [0, 0.05) is 0 Å². The molecule has 0 unspecified atom stereocenters. The minimum absolute atomic E-state index is 1.21. The number of allylic oxidation sites excluding steroid dienone is 1. The van der Waals surface area contributed by atoms with E-state index in [0.717, 1.165) is 0 Å². The third kappa shape index (κ3) is 28.2. The van der Waals surface area contributed by atoms with Gasteiger partial charge in [0.1, 0.15) is 0 Å². The second kappa shape index (κ2) is 29.2. The molecule has 0 nitrogen and oxygen atoms in total. The van der Waals surface area contributed by atoms with E-state index in [2.05, 4.69) is 22.2 Å². The smallest absolute Gasteiger partial charge is 0.0146 e. The fraction of sp³-hybridized carbons (Fsp3) is 0.931. The highest BCUT2D eigenvalue weighted by atomic mass is 31.0. The van der Waals surface area contributed by atoms with Crippen LogP contribution < -0.4 is 0 Å². The first-order valence-electron chi connectivity index (χ1n) is 14.2. The number of hydrogen-bond donors (Lipinski definition) is 0. The molecule has 0 aromatic rings. The molecule has 2 radical (unpaired) electrons. The molecular formula is C29H57P. The van der Waals surface area contributed by atoms with Crippen LogP contribution in [0.1, 0.15) is 174 Å². The lowest BCUT2D eigenvalue weighted by atomic mass is 10.0. The lowest BCUT2D eigenvalue weighted by molar-refractivity contribution is 0.516. The van der Waals surface area contributed by atoms with Gasteiger partial charge in [-0.2, -0.15) is 0 Å². The van der Waals surface area contributed by atoms with Crippen LogP contribution in [0.25, 0.3) is 0 Å². The van der Waals surface area contributed by atoms with Crippen LogP contribution in [0.15, 0.2) is 11.9 Å². The van der Waals surface area contributed by atoms with Crippen LogP contribution in [0.5, 0.6) is 0 Å². The zero-order valence-corrected chi connectivity index (χ0v) is 21.9. The van der Waals surface area contributed by atoms with E-state index in [0.29, 0.717) is 0 Å². The molecule has 0 rings (SSSR count). The first-order chi connectivity index (χ1) is 14.9. The van der Waals surface area contributed by atoms with E-state index >= 15 is 0 Å². The van der Waals surface area contributed by atoms with Gasteiger partial charge in [-0.3, -0.25) is 0 Å². The molecule has 0 N–H and O–H groups in total. The first-order valence-corrected chi connectivity index (χ1v) is 14.7. The maximum Gasteiger partial charge on any atom is -0.0146 e. The summed E-state index contributed by atoms with van der Waals surface area (Å²) in [6.45, 7) is 2.30. The molecule has 0 heterocycles. The summed E-state index contributed by atoms with van der Waals surface area (Å²) in [6.07, 6.45) is 39.9. The second-order valence-electron chi connectivity index (χ2n) is 9.66. The zero-order chi connectivity index (χ0) is 21.8. The van der Waals surface area contributed by atoms with Crippen molar-refractivity contribution in [2.45, 2.75) is 174 Å². The van der Waals surface area contributed by atoms with Gasteiger partial charge in [-0.1, -0.05) is 173 Å². The van der Waals surface area contributed by atoms with E-state index in [9.17, 15) is 0 Å². The molecule has 0 spiro atoms. The largest absolute Gasteiger partial charge is 0.0834 e. The van der Waals surface area contributed by atoms with Gasteiger partial charge in [0.15, 0.2) is 0 Å². The van der Waals surface area contributed by atoms with Gasteiger partial charge >= 0.3 is 0 Å². The Hall–Kier alpha value is 0.170. The third-order valence-corrected chi connectivity index (χ3v) is 6.79. The van der Waals surface area contributed by atoms with Crippen LogP contribution in [0.4, 0.5) is 0 Å². The Balaban J connectivity index is 2.99. The summed E-state index contributed by atoms with van der Waals surface area (Å²) in [7, 11) is 4.10. The number of unbranched alkanes of at least 4 members (excludes halogenated alkanes) is 25. The van der Waals surface area contributed by atoms with E-state index in [1.54, 1.807) is 0 Å². The predicted molar refractivity (Wildman–Crippen MR) is 142 cm³/mol. The molecule has 0 aliphatic rings. The number of rotatable bonds is 26. The predicted octanol–water partition coefficient (Wildman–Crippen LogP) is 12.1. The van der Waals surface area contributed by atoms with Gasteiger partial charge in [-0.05, 0) is 22.1 Å². The molecule has 0 atom stereocenters. The highest BCUT2D eigenvalue weighted by Gasteiger charge is 1.96. The van der Waals surface area contributed by atoms with Crippen molar-refractivity contribution < 1.29 is 0 Å². The van der Waals surface area contributed by atoms with Crippen molar-refractivity contribution in [3.8, 4) is 0 Å². The van der Waals surface area contributed by atoms with E-state index in [1.807, 2.05) is 5.82 Å². The van der Waals surface area contributed by atoms with Crippen LogP contribution in [0.3, 0.4) is 0 Å². The fourth-order valence-corrected chi connectivity index (χ4v) is 4.62. The molecule has 0 aromatic heterocycles. The average molecular weight is 437 g/mol. The molecule has 0 amide bonds. The average Bonchev–Trinajstić information content (AvgIpc) is 2.76. The van der Waals surface area contributed by atoms with Crippen molar-refractivity contribution in [2.24, 2.45) is 0 Å². The van der Waals surface area contributed by atoms with Gasteiger partial charge in [0.25, 0.3) is 0 Å². The molecular weight excluding hydrogens is 379 g/mol. The van der Waals surface area contributed by atoms with Crippen molar-refractivity contribution in [1.29, 1.82) is 0 Å². The molecule has 0 saturated carbocycles. The van der Waals surface area contributed by atoms with Gasteiger partial charge in [-0.25, -0.2) is 0 Å². The van der Waals surface area contributed by atoms with Crippen molar-refractivity contribution in [2.75, 3.05) is 0 Å². The molecule has 30 heavy (non-hydrogen) atoms. The lowest BCUT2D eigenvalue weighted by Gasteiger charge is -2.04. The van der Waals surface area contributed by atoms with Crippen LogP contribution in [0, 0.1) is 0 Å². The second-order valence-corrected chi connectivity index (χ2v) is 9.96. The molecule has 0 fully saturated rings. The molecule has 0 aliphatic carbocycles. The Morgan fingerprint density at radius 3 is 0.833 bits per heavy atom. The maximum atomic E-state index is 4.10. The van der Waals surface area contributed by atoms with Gasteiger partial charge in [0.05, 0.1) is 0 Å². The van der Waals surface area contributed by atoms with Crippen LogP contribution in [-0.2, 0) is 0 Å². The fourth-order valence-electron chi connectivity index (χ4n) is 4.48. The molecule has 0 saturated heterocycles. The standard InChI is InChI=1S/C29H57P/c1-2-3-4-5-6-7-8-9-10-11-12-13-14-15-16-17-18-19-20-21-22-23-24-25-26-27-28-29-30/h28-29H,2-27H2,1H3. The van der Waals surface area contributed by atoms with Crippen LogP contribution >= 0.6 is 9.24 Å². The summed E-state index contributed by atoms with van der Waals surface area (Å²) in [5.74, 6) is 1.87. The highest BCUT2D eigenvalue weighted by molar-refractivity contribution is 7.20. The Kier molecular flexibility index (Phi) is 29.3. The van der Waals surface area contributed by atoms with Gasteiger partial charge in [-0.15, -0.1) is 0 Å². The third-order valence-electron chi connectivity index (χ3n) is 6.58. The zero-order valence-electron chi connectivity index (χ0n) is 21.0. The summed E-state index contributed by atoms with van der Waals surface area (Å²) in [5, 5.41) is 0. The summed E-state index contributed by atoms with van der Waals surface area (Å²) in [4.78, 5) is 0. The van der Waals surface area contributed by atoms with E-state index in [4.69, 9.17) is 0 Å².